The van der Waals surface area contributed by atoms with Crippen LogP contribution in [-0.2, 0) is 25.8 Å². The van der Waals surface area contributed by atoms with Crippen LogP contribution in [0.25, 0.3) is 0 Å². The normalized spacial score (nSPS) is 24.8. The maximum absolute atomic E-state index is 14.3. The van der Waals surface area contributed by atoms with E-state index in [2.05, 4.69) is 5.32 Å². The molecule has 2 aliphatic heterocycles. The minimum absolute atomic E-state index is 0.0247. The quantitative estimate of drug-likeness (QED) is 0.572. The molecule has 9 nitrogen and oxygen atoms in total. The minimum atomic E-state index is -4.57. The molecule has 0 spiro atoms. The summed E-state index contributed by atoms with van der Waals surface area (Å²) in [6.45, 7) is 2.99. The van der Waals surface area contributed by atoms with Gasteiger partial charge in [-0.25, -0.2) is 12.8 Å². The molecule has 2 amide bonds. The molecule has 0 radical (unpaired) electrons. The zero-order valence-corrected chi connectivity index (χ0v) is 21.6. The summed E-state index contributed by atoms with van der Waals surface area (Å²) in [5.74, 6) is -1.98. The van der Waals surface area contributed by atoms with E-state index in [9.17, 15) is 22.4 Å². The van der Waals surface area contributed by atoms with Gasteiger partial charge in [0.25, 0.3) is 0 Å². The Hall–Kier alpha value is -2.73. The molecule has 3 atom stereocenters. The molecule has 4 rings (SSSR count). The van der Waals surface area contributed by atoms with Crippen molar-refractivity contribution in [1.82, 2.24) is 15.1 Å². The number of methoxy groups -OCH3 is 1. The number of piperazine rings is 1. The van der Waals surface area contributed by atoms with Gasteiger partial charge in [0.2, 0.25) is 26.6 Å². The van der Waals surface area contributed by atoms with E-state index in [0.717, 1.165) is 17.0 Å². The number of halogens is 2. The first-order chi connectivity index (χ1) is 16.9. The molecule has 0 saturated carbocycles. The number of nitrogens with two attached hydrogens (primary N) is 1. The maximum atomic E-state index is 14.3. The van der Waals surface area contributed by atoms with Gasteiger partial charge in [0.05, 0.1) is 19.7 Å². The molecule has 2 aliphatic rings. The lowest BCUT2D eigenvalue weighted by Gasteiger charge is -2.56. The molecule has 3 unspecified atom stereocenters. The number of ether oxygens (including phenoxy) is 1. The Labute approximate surface area is 214 Å². The monoisotopic (exact) mass is 538 g/mol. The van der Waals surface area contributed by atoms with E-state index in [1.54, 1.807) is 38.1 Å². The number of fused-ring (bicyclic) bond motifs is 1. The zero-order valence-electron chi connectivity index (χ0n) is 20.1. The summed E-state index contributed by atoms with van der Waals surface area (Å²) in [5, 5.41) is 3.44. The van der Waals surface area contributed by atoms with Crippen LogP contribution in [0.15, 0.2) is 47.4 Å². The molecule has 194 valence electrons. The number of hydrogen-bond donors (Lipinski definition) is 2. The van der Waals surface area contributed by atoms with E-state index >= 15 is 0 Å². The van der Waals surface area contributed by atoms with Crippen LogP contribution in [0, 0.1) is 5.82 Å². The number of nitrogens with zero attached hydrogens (tertiary/aromatic N) is 2. The van der Waals surface area contributed by atoms with Crippen LogP contribution in [0.4, 0.5) is 4.39 Å². The van der Waals surface area contributed by atoms with Crippen LogP contribution in [0.2, 0.25) is 5.02 Å². The summed E-state index contributed by atoms with van der Waals surface area (Å²) in [6.07, 6.45) is 0.0247. The zero-order chi connectivity index (χ0) is 26.4. The highest BCUT2D eigenvalue weighted by Crippen LogP contribution is 2.40. The van der Waals surface area contributed by atoms with Gasteiger partial charge in [-0.2, -0.15) is 0 Å². The second kappa shape index (κ2) is 9.62. The van der Waals surface area contributed by atoms with Crippen molar-refractivity contribution in [3.8, 4) is 5.75 Å². The van der Waals surface area contributed by atoms with Crippen LogP contribution in [0.1, 0.15) is 19.4 Å². The Bertz CT molecular complexity index is 1290. The van der Waals surface area contributed by atoms with Gasteiger partial charge >= 0.3 is 0 Å². The third-order valence-electron chi connectivity index (χ3n) is 6.63. The molecule has 0 aliphatic carbocycles. The van der Waals surface area contributed by atoms with Crippen molar-refractivity contribution in [2.45, 2.75) is 48.3 Å². The Balaban J connectivity index is 1.94. The number of sulfone groups is 1. The van der Waals surface area contributed by atoms with Gasteiger partial charge in [-0.15, -0.1) is 0 Å². The molecule has 0 aromatic heterocycles. The van der Waals surface area contributed by atoms with Gasteiger partial charge in [0.15, 0.2) is 0 Å². The third-order valence-corrected chi connectivity index (χ3v) is 9.14. The fourth-order valence-electron chi connectivity index (χ4n) is 4.76. The summed E-state index contributed by atoms with van der Waals surface area (Å²) >= 11 is 6.00. The molecule has 0 bridgehead atoms. The van der Waals surface area contributed by atoms with Gasteiger partial charge < -0.3 is 15.4 Å². The van der Waals surface area contributed by atoms with Crippen molar-refractivity contribution in [1.29, 1.82) is 0 Å². The third kappa shape index (κ3) is 4.23. The van der Waals surface area contributed by atoms with Gasteiger partial charge in [0.1, 0.15) is 22.5 Å². The van der Waals surface area contributed by atoms with E-state index in [-0.39, 0.29) is 31.3 Å². The molecule has 2 aromatic rings. The van der Waals surface area contributed by atoms with Crippen LogP contribution < -0.4 is 15.8 Å². The van der Waals surface area contributed by atoms with Crippen molar-refractivity contribution in [2.75, 3.05) is 20.2 Å². The second-order valence-electron chi connectivity index (χ2n) is 9.18. The second-order valence-corrected chi connectivity index (χ2v) is 11.7. The lowest BCUT2D eigenvalue weighted by Crippen LogP contribution is -2.83. The maximum Gasteiger partial charge on any atom is 0.246 e. The Kier molecular flexibility index (Phi) is 7.04. The van der Waals surface area contributed by atoms with E-state index < -0.39 is 49.4 Å². The van der Waals surface area contributed by atoms with Crippen molar-refractivity contribution in [3.05, 3.63) is 58.9 Å². The molecule has 2 saturated heterocycles. The van der Waals surface area contributed by atoms with Gasteiger partial charge in [-0.1, -0.05) is 23.7 Å². The van der Waals surface area contributed by atoms with E-state index in [1.807, 2.05) is 0 Å². The predicted molar refractivity (Wildman–Crippen MR) is 131 cm³/mol. The highest BCUT2D eigenvalue weighted by Gasteiger charge is 2.63. The number of nitrogens with one attached hydrogen (secondary N) is 1. The molecule has 2 heterocycles. The molecule has 12 heteroatoms. The Morgan fingerprint density at radius 2 is 1.86 bits per heavy atom. The van der Waals surface area contributed by atoms with Crippen LogP contribution in [0.5, 0.6) is 5.75 Å². The highest BCUT2D eigenvalue weighted by atomic mass is 35.5. The van der Waals surface area contributed by atoms with Crippen molar-refractivity contribution < 1.29 is 27.1 Å². The fourth-order valence-corrected chi connectivity index (χ4v) is 6.99. The first-order valence-electron chi connectivity index (χ1n) is 11.4. The van der Waals surface area contributed by atoms with Crippen molar-refractivity contribution >= 4 is 33.3 Å². The number of carbonyl (C=O) groups excluding carboxylic acids is 2. The Morgan fingerprint density at radius 1 is 1.19 bits per heavy atom. The lowest BCUT2D eigenvalue weighted by atomic mass is 9.96. The summed E-state index contributed by atoms with van der Waals surface area (Å²) in [6, 6.07) is 7.19. The predicted octanol–water partition coefficient (Wildman–Crippen LogP) is 1.54. The van der Waals surface area contributed by atoms with Crippen LogP contribution >= 0.6 is 11.6 Å². The topological polar surface area (TPSA) is 122 Å². The van der Waals surface area contributed by atoms with E-state index in [1.165, 1.54) is 18.1 Å². The first-order valence-corrected chi connectivity index (χ1v) is 13.3. The summed E-state index contributed by atoms with van der Waals surface area (Å²) in [7, 11) is -3.30. The van der Waals surface area contributed by atoms with Crippen molar-refractivity contribution in [2.24, 2.45) is 5.73 Å². The lowest BCUT2D eigenvalue weighted by molar-refractivity contribution is -0.166. The standard InChI is InChI=1S/C24H28ClFN4O5S/c1-14(2)29-13-24(36(33,34)21-11-17(26)8-9-20(21)35-3)28-12-18(27)22(31)30(24)19(23(29)32)10-15-4-6-16(25)7-5-15/h4-9,11,14,18-19,28H,10,12-13,27H2,1-3H3. The SMILES string of the molecule is COc1ccc(F)cc1S(=O)(=O)C12CN(C(C)C)C(=O)C(Cc3ccc(Cl)cc3)N1C(=O)C(N)CN2. The molecule has 2 aromatic carbocycles. The van der Waals surface area contributed by atoms with E-state index in [0.29, 0.717) is 10.6 Å². The molecule has 36 heavy (non-hydrogen) atoms. The fraction of sp³-hybridized carbons (Fsp3) is 0.417. The van der Waals surface area contributed by atoms with Gasteiger partial charge in [0, 0.05) is 24.0 Å². The van der Waals surface area contributed by atoms with E-state index in [4.69, 9.17) is 22.1 Å². The first kappa shape index (κ1) is 26.3. The van der Waals surface area contributed by atoms with Crippen LogP contribution in [0.3, 0.4) is 0 Å². The average molecular weight is 539 g/mol. The smallest absolute Gasteiger partial charge is 0.246 e. The molecular weight excluding hydrogens is 511 g/mol. The van der Waals surface area contributed by atoms with Crippen LogP contribution in [-0.4, -0.2) is 73.4 Å². The largest absolute Gasteiger partial charge is 0.495 e. The molecule has 3 N–H and O–H groups in total. The number of carbonyl (C=O) groups is 2. The van der Waals surface area contributed by atoms with Gasteiger partial charge in [-0.05, 0) is 49.7 Å². The number of hydrogen-bond acceptors (Lipinski definition) is 7. The molecule has 2 fully saturated rings. The summed E-state index contributed by atoms with van der Waals surface area (Å²) in [4.78, 5) is 27.1. The Morgan fingerprint density at radius 3 is 2.47 bits per heavy atom. The number of rotatable bonds is 6. The van der Waals surface area contributed by atoms with Crippen molar-refractivity contribution in [3.63, 3.8) is 0 Å². The van der Waals surface area contributed by atoms with Gasteiger partial charge in [-0.3, -0.25) is 19.8 Å². The summed E-state index contributed by atoms with van der Waals surface area (Å²) < 4.78 is 48.2. The highest BCUT2D eigenvalue weighted by molar-refractivity contribution is 7.93. The number of benzene rings is 2. The summed E-state index contributed by atoms with van der Waals surface area (Å²) in [5.41, 5.74) is 6.72. The average Bonchev–Trinajstić information content (AvgIpc) is 2.84. The number of amides is 2. The molecular formula is C24H28ClFN4O5S. The minimum Gasteiger partial charge on any atom is -0.495 e.